The Hall–Kier alpha value is -0.660. The van der Waals surface area contributed by atoms with Crippen molar-refractivity contribution in [3.63, 3.8) is 0 Å². The lowest BCUT2D eigenvalue weighted by atomic mass is 9.44. The molecule has 2 heteroatoms. The average Bonchev–Trinajstić information content (AvgIpc) is 2.91. The van der Waals surface area contributed by atoms with Crippen LogP contribution < -0.4 is 0 Å². The molecule has 4 saturated carbocycles. The van der Waals surface area contributed by atoms with Crippen LogP contribution in [-0.2, 0) is 9.59 Å². The molecule has 0 aromatic rings. The Morgan fingerprint density at radius 2 is 1.76 bits per heavy atom. The highest BCUT2D eigenvalue weighted by molar-refractivity contribution is 6.02. The van der Waals surface area contributed by atoms with E-state index in [2.05, 4.69) is 20.8 Å². The van der Waals surface area contributed by atoms with Crippen LogP contribution in [0.4, 0.5) is 0 Å². The lowest BCUT2D eigenvalue weighted by Crippen LogP contribution is -2.55. The lowest BCUT2D eigenvalue weighted by Gasteiger charge is -2.61. The third-order valence-corrected chi connectivity index (χ3v) is 9.73. The minimum atomic E-state index is -0.305. The van der Waals surface area contributed by atoms with Crippen LogP contribution in [0.3, 0.4) is 0 Å². The van der Waals surface area contributed by atoms with Crippen LogP contribution in [0, 0.1) is 46.3 Å². The standard InChI is InChI=1S/C23H36O2/c1-5-15-7-9-19-17-8-6-16-12-21(25)18(14(2)24)13-23(16,4)20(17)10-11-22(15,19)3/h15-20H,5-13H2,1-4H3/t15-,16-,17-,18?,19-,20-,22+,23-/m0/s1. The molecule has 25 heavy (non-hydrogen) atoms. The molecule has 0 amide bonds. The molecule has 2 nitrogen and oxygen atoms in total. The number of rotatable bonds is 2. The Morgan fingerprint density at radius 1 is 1.04 bits per heavy atom. The van der Waals surface area contributed by atoms with E-state index in [1.807, 2.05) is 0 Å². The first kappa shape index (κ1) is 17.7. The number of ketones is 2. The normalized spacial score (nSPS) is 52.2. The molecule has 0 radical (unpaired) electrons. The maximum atomic E-state index is 12.5. The van der Waals surface area contributed by atoms with Crippen molar-refractivity contribution in [1.82, 2.24) is 0 Å². The van der Waals surface area contributed by atoms with Gasteiger partial charge in [0, 0.05) is 6.42 Å². The number of fused-ring (bicyclic) bond motifs is 5. The molecule has 8 atom stereocenters. The van der Waals surface area contributed by atoms with Crippen molar-refractivity contribution in [2.24, 2.45) is 46.3 Å². The van der Waals surface area contributed by atoms with Crippen molar-refractivity contribution < 1.29 is 9.59 Å². The van der Waals surface area contributed by atoms with Gasteiger partial charge in [-0.15, -0.1) is 0 Å². The fourth-order valence-corrected chi connectivity index (χ4v) is 8.28. The molecule has 140 valence electrons. The largest absolute Gasteiger partial charge is 0.299 e. The summed E-state index contributed by atoms with van der Waals surface area (Å²) in [4.78, 5) is 24.6. The second kappa shape index (κ2) is 5.92. The van der Waals surface area contributed by atoms with Crippen LogP contribution in [0.25, 0.3) is 0 Å². The van der Waals surface area contributed by atoms with Crippen LogP contribution >= 0.6 is 0 Å². The second-order valence-electron chi connectivity index (χ2n) is 10.4. The van der Waals surface area contributed by atoms with Gasteiger partial charge in [-0.1, -0.05) is 27.2 Å². The highest BCUT2D eigenvalue weighted by Gasteiger charge is 2.61. The molecule has 0 bridgehead atoms. The predicted molar refractivity (Wildman–Crippen MR) is 100 cm³/mol. The second-order valence-corrected chi connectivity index (χ2v) is 10.4. The topological polar surface area (TPSA) is 34.1 Å². The van der Waals surface area contributed by atoms with Crippen molar-refractivity contribution in [2.75, 3.05) is 0 Å². The third kappa shape index (κ3) is 2.42. The van der Waals surface area contributed by atoms with Gasteiger partial charge in [-0.05, 0) is 92.3 Å². The van der Waals surface area contributed by atoms with Crippen molar-refractivity contribution in [3.05, 3.63) is 0 Å². The zero-order valence-corrected chi connectivity index (χ0v) is 16.6. The van der Waals surface area contributed by atoms with Gasteiger partial charge in [0.05, 0.1) is 5.92 Å². The summed E-state index contributed by atoms with van der Waals surface area (Å²) in [5.41, 5.74) is 0.780. The minimum Gasteiger partial charge on any atom is -0.299 e. The highest BCUT2D eigenvalue weighted by atomic mass is 16.1. The molecule has 4 aliphatic rings. The van der Waals surface area contributed by atoms with Gasteiger partial charge < -0.3 is 0 Å². The van der Waals surface area contributed by atoms with Gasteiger partial charge in [-0.3, -0.25) is 9.59 Å². The fraction of sp³-hybridized carbons (Fsp3) is 0.913. The summed E-state index contributed by atoms with van der Waals surface area (Å²) in [5.74, 6) is 3.97. The van der Waals surface area contributed by atoms with Gasteiger partial charge >= 0.3 is 0 Å². The molecule has 4 fully saturated rings. The Balaban J connectivity index is 1.63. The summed E-state index contributed by atoms with van der Waals surface area (Å²) < 4.78 is 0. The molecule has 0 aromatic carbocycles. The summed E-state index contributed by atoms with van der Waals surface area (Å²) in [5, 5.41) is 0. The molecule has 0 aromatic heterocycles. The van der Waals surface area contributed by atoms with Gasteiger partial charge in [0.2, 0.25) is 0 Å². The average molecular weight is 345 g/mol. The maximum Gasteiger partial charge on any atom is 0.143 e. The lowest BCUT2D eigenvalue weighted by molar-refractivity contribution is -0.152. The number of hydrogen-bond acceptors (Lipinski definition) is 2. The van der Waals surface area contributed by atoms with Crippen LogP contribution in [0.1, 0.15) is 85.5 Å². The summed E-state index contributed by atoms with van der Waals surface area (Å²) in [6.07, 6.45) is 11.0. The van der Waals surface area contributed by atoms with Crippen LogP contribution in [-0.4, -0.2) is 11.6 Å². The first-order valence-electron chi connectivity index (χ1n) is 10.8. The monoisotopic (exact) mass is 344 g/mol. The Morgan fingerprint density at radius 3 is 2.44 bits per heavy atom. The third-order valence-electron chi connectivity index (χ3n) is 9.73. The van der Waals surface area contributed by atoms with E-state index in [0.717, 1.165) is 30.1 Å². The van der Waals surface area contributed by atoms with Crippen molar-refractivity contribution in [1.29, 1.82) is 0 Å². The first-order valence-corrected chi connectivity index (χ1v) is 10.8. The SMILES string of the molecule is CC[C@H]1CC[C@H]2[C@@H]3CC[C@H]4CC(=O)C(C(C)=O)C[C@]4(C)[C@H]3CC[C@]12C. The summed E-state index contributed by atoms with van der Waals surface area (Å²) in [7, 11) is 0. The molecule has 0 aliphatic heterocycles. The Bertz CT molecular complexity index is 581. The molecule has 0 heterocycles. The zero-order chi connectivity index (χ0) is 18.0. The number of carbonyl (C=O) groups excluding carboxylic acids is 2. The van der Waals surface area contributed by atoms with Crippen LogP contribution in [0.5, 0.6) is 0 Å². The zero-order valence-electron chi connectivity index (χ0n) is 16.6. The van der Waals surface area contributed by atoms with Crippen molar-refractivity contribution >= 4 is 11.6 Å². The smallest absolute Gasteiger partial charge is 0.143 e. The van der Waals surface area contributed by atoms with Gasteiger partial charge in [-0.25, -0.2) is 0 Å². The number of Topliss-reactive ketones (excluding diaryl/α,β-unsaturated/α-hetero) is 2. The van der Waals surface area contributed by atoms with Gasteiger partial charge in [0.1, 0.15) is 11.6 Å². The first-order chi connectivity index (χ1) is 11.8. The van der Waals surface area contributed by atoms with Crippen LogP contribution in [0.2, 0.25) is 0 Å². The van der Waals surface area contributed by atoms with E-state index in [0.29, 0.717) is 17.8 Å². The summed E-state index contributed by atoms with van der Waals surface area (Å²) in [6.45, 7) is 9.05. The molecule has 1 unspecified atom stereocenters. The number of hydrogen-bond donors (Lipinski definition) is 0. The Kier molecular flexibility index (Phi) is 4.20. The number of carbonyl (C=O) groups is 2. The minimum absolute atomic E-state index is 0.111. The van der Waals surface area contributed by atoms with Crippen molar-refractivity contribution in [2.45, 2.75) is 85.5 Å². The van der Waals surface area contributed by atoms with Gasteiger partial charge in [0.15, 0.2) is 0 Å². The summed E-state index contributed by atoms with van der Waals surface area (Å²) >= 11 is 0. The van der Waals surface area contributed by atoms with E-state index in [1.54, 1.807) is 6.92 Å². The maximum absolute atomic E-state index is 12.5. The predicted octanol–water partition coefficient (Wildman–Crippen LogP) is 5.44. The quantitative estimate of drug-likeness (QED) is 0.625. The van der Waals surface area contributed by atoms with E-state index in [4.69, 9.17) is 0 Å². The molecule has 4 aliphatic carbocycles. The van der Waals surface area contributed by atoms with Crippen molar-refractivity contribution in [3.8, 4) is 0 Å². The van der Waals surface area contributed by atoms with E-state index >= 15 is 0 Å². The van der Waals surface area contributed by atoms with E-state index in [-0.39, 0.29) is 22.9 Å². The van der Waals surface area contributed by atoms with E-state index in [9.17, 15) is 9.59 Å². The molecule has 0 saturated heterocycles. The van der Waals surface area contributed by atoms with Crippen LogP contribution in [0.15, 0.2) is 0 Å². The molecule has 4 rings (SSSR count). The molecular formula is C23H36O2. The van der Waals surface area contributed by atoms with E-state index < -0.39 is 0 Å². The highest BCUT2D eigenvalue weighted by Crippen LogP contribution is 2.67. The molecule has 0 spiro atoms. The molecule has 0 N–H and O–H groups in total. The Labute approximate surface area is 153 Å². The van der Waals surface area contributed by atoms with E-state index in [1.165, 1.54) is 44.9 Å². The fourth-order valence-electron chi connectivity index (χ4n) is 8.28. The summed E-state index contributed by atoms with van der Waals surface area (Å²) in [6, 6.07) is 0. The van der Waals surface area contributed by atoms with Gasteiger partial charge in [0.25, 0.3) is 0 Å². The van der Waals surface area contributed by atoms with Gasteiger partial charge in [-0.2, -0.15) is 0 Å². The molecular weight excluding hydrogens is 308 g/mol.